The molecule has 0 bridgehead atoms. The molecule has 1 aliphatic rings. The summed E-state index contributed by atoms with van der Waals surface area (Å²) >= 11 is 5.73. The third-order valence-electron chi connectivity index (χ3n) is 7.91. The Kier molecular flexibility index (Phi) is 11.8. The predicted molar refractivity (Wildman–Crippen MR) is 186 cm³/mol. The normalized spacial score (nSPS) is 18.2. The Balaban J connectivity index is 1.77. The van der Waals surface area contributed by atoms with Gasteiger partial charge >= 0.3 is 5.97 Å². The number of rotatable bonds is 8. The number of thiocarbonyl (C=S) groups is 1. The van der Waals surface area contributed by atoms with Crippen molar-refractivity contribution in [3.05, 3.63) is 59.2 Å². The molecule has 0 heterocycles. The fourth-order valence-electron chi connectivity index (χ4n) is 5.16. The molecule has 1 saturated carbocycles. The topological polar surface area (TPSA) is 112 Å². The Morgan fingerprint density at radius 2 is 1.67 bits per heavy atom. The van der Waals surface area contributed by atoms with Gasteiger partial charge in [-0.2, -0.15) is 0 Å². The van der Waals surface area contributed by atoms with Crippen LogP contribution < -0.4 is 20.7 Å². The Labute approximate surface area is 274 Å². The second-order valence-electron chi connectivity index (χ2n) is 15.2. The number of aromatic hydroxyl groups is 1. The number of benzene rings is 2. The summed E-state index contributed by atoms with van der Waals surface area (Å²) in [5, 5.41) is 21.4. The van der Waals surface area contributed by atoms with Gasteiger partial charge in [-0.05, 0) is 74.4 Å². The van der Waals surface area contributed by atoms with E-state index >= 15 is 0 Å². The maximum absolute atomic E-state index is 13.3. The van der Waals surface area contributed by atoms with Crippen LogP contribution in [-0.2, 0) is 21.5 Å². The van der Waals surface area contributed by atoms with E-state index in [4.69, 9.17) is 21.9 Å². The third-order valence-corrected chi connectivity index (χ3v) is 8.14. The summed E-state index contributed by atoms with van der Waals surface area (Å²) in [4.78, 5) is 30.8. The smallest absolute Gasteiger partial charge is 0.316 e. The number of ether oxygens (including phenoxy) is 1. The van der Waals surface area contributed by atoms with E-state index in [1.54, 1.807) is 39.1 Å². The van der Waals surface area contributed by atoms with E-state index in [1.165, 1.54) is 0 Å². The van der Waals surface area contributed by atoms with Crippen LogP contribution in [0.25, 0.3) is 0 Å². The number of nitrogens with one attached hydrogen (secondary N) is 3. The number of carbonyl (C=O) groups is 2. The zero-order valence-electron chi connectivity index (χ0n) is 28.4. The third kappa shape index (κ3) is 10.6. The van der Waals surface area contributed by atoms with Gasteiger partial charge in [-0.25, -0.2) is 0 Å². The molecular weight excluding hydrogens is 584 g/mol. The van der Waals surface area contributed by atoms with Crippen molar-refractivity contribution in [2.45, 2.75) is 118 Å². The van der Waals surface area contributed by atoms with E-state index in [0.717, 1.165) is 31.2 Å². The monoisotopic (exact) mass is 636 g/mol. The Hall–Kier alpha value is -3.46. The van der Waals surface area contributed by atoms with Crippen LogP contribution in [0.5, 0.6) is 11.5 Å². The standard InChI is InChI=1S/C36H52N4O4S/c1-34(2,3)26-20-25(44-32(43)36(7,8)9)19-24(29(26)41)22-37-27-17-13-14-18-28(27)39-33(45)40-30(35(4,5)6)31(42)38-21-23-15-11-10-12-16-23/h10-12,15-16,19-20,22,27-28,30,41H,13-14,17-18,21H2,1-9H3,(H,38,42)(H2,39,40,45). The molecule has 9 heteroatoms. The molecule has 0 radical (unpaired) electrons. The highest BCUT2D eigenvalue weighted by atomic mass is 32.1. The fraction of sp³-hybridized carbons (Fsp3) is 0.556. The Morgan fingerprint density at radius 1 is 1.02 bits per heavy atom. The van der Waals surface area contributed by atoms with Crippen LogP contribution in [0.2, 0.25) is 0 Å². The summed E-state index contributed by atoms with van der Waals surface area (Å²) in [6, 6.07) is 12.5. The molecule has 3 rings (SSSR count). The summed E-state index contributed by atoms with van der Waals surface area (Å²) in [6.07, 6.45) is 5.45. The van der Waals surface area contributed by atoms with Crippen LogP contribution in [0.3, 0.4) is 0 Å². The molecule has 1 fully saturated rings. The van der Waals surface area contributed by atoms with Gasteiger partial charge in [0, 0.05) is 23.9 Å². The van der Waals surface area contributed by atoms with Crippen LogP contribution in [-0.4, -0.2) is 46.4 Å². The summed E-state index contributed by atoms with van der Waals surface area (Å²) in [6.45, 7) is 17.9. The first-order valence-electron chi connectivity index (χ1n) is 15.9. The molecule has 4 N–H and O–H groups in total. The Bertz CT molecular complexity index is 1370. The number of nitrogens with zero attached hydrogens (tertiary/aromatic N) is 1. The van der Waals surface area contributed by atoms with Crippen LogP contribution >= 0.6 is 12.2 Å². The van der Waals surface area contributed by atoms with Gasteiger partial charge < -0.3 is 25.8 Å². The molecule has 0 aromatic heterocycles. The minimum Gasteiger partial charge on any atom is -0.507 e. The van der Waals surface area contributed by atoms with Gasteiger partial charge in [0.1, 0.15) is 17.5 Å². The van der Waals surface area contributed by atoms with Crippen LogP contribution in [0.1, 0.15) is 105 Å². The largest absolute Gasteiger partial charge is 0.507 e. The van der Waals surface area contributed by atoms with Crippen molar-refractivity contribution in [3.8, 4) is 11.5 Å². The van der Waals surface area contributed by atoms with Gasteiger partial charge in [0.25, 0.3) is 0 Å². The van der Waals surface area contributed by atoms with Crippen molar-refractivity contribution in [3.63, 3.8) is 0 Å². The molecule has 0 saturated heterocycles. The molecule has 1 aliphatic carbocycles. The summed E-state index contributed by atoms with van der Waals surface area (Å²) in [7, 11) is 0. The Morgan fingerprint density at radius 3 is 2.27 bits per heavy atom. The number of hydrogen-bond donors (Lipinski definition) is 4. The van der Waals surface area contributed by atoms with E-state index in [-0.39, 0.29) is 40.5 Å². The van der Waals surface area contributed by atoms with E-state index in [9.17, 15) is 14.7 Å². The average molecular weight is 637 g/mol. The summed E-state index contributed by atoms with van der Waals surface area (Å²) in [5.41, 5.74) is 0.746. The second-order valence-corrected chi connectivity index (χ2v) is 15.6. The van der Waals surface area contributed by atoms with E-state index < -0.39 is 11.5 Å². The first-order valence-corrected chi connectivity index (χ1v) is 16.3. The zero-order chi connectivity index (χ0) is 33.6. The SMILES string of the molecule is CC(C)(C)C(=O)Oc1cc(C=NC2CCCCC2NC(=S)NC(C(=O)NCc2ccccc2)C(C)(C)C)c(O)c(C(C)(C)C)c1. The van der Waals surface area contributed by atoms with Gasteiger partial charge in [-0.15, -0.1) is 0 Å². The molecule has 0 aliphatic heterocycles. The number of hydrogen-bond acceptors (Lipinski definition) is 6. The molecule has 0 spiro atoms. The van der Waals surface area contributed by atoms with Crippen molar-refractivity contribution >= 4 is 35.4 Å². The van der Waals surface area contributed by atoms with Crippen LogP contribution in [0.15, 0.2) is 47.5 Å². The number of phenolic OH excluding ortho intramolecular Hbond substituents is 1. The highest BCUT2D eigenvalue weighted by Crippen LogP contribution is 2.37. The highest BCUT2D eigenvalue weighted by Gasteiger charge is 2.33. The lowest BCUT2D eigenvalue weighted by molar-refractivity contribution is -0.143. The minimum atomic E-state index is -0.671. The molecule has 1 amide bonds. The fourth-order valence-corrected chi connectivity index (χ4v) is 5.43. The molecule has 45 heavy (non-hydrogen) atoms. The van der Waals surface area contributed by atoms with Gasteiger partial charge in [0.05, 0.1) is 17.5 Å². The summed E-state index contributed by atoms with van der Waals surface area (Å²) < 4.78 is 5.72. The van der Waals surface area contributed by atoms with Crippen molar-refractivity contribution in [2.24, 2.45) is 15.8 Å². The number of esters is 1. The second kappa shape index (κ2) is 14.8. The van der Waals surface area contributed by atoms with E-state index in [1.807, 2.05) is 71.9 Å². The van der Waals surface area contributed by atoms with Gasteiger partial charge in [0.2, 0.25) is 5.91 Å². The maximum atomic E-state index is 13.3. The van der Waals surface area contributed by atoms with Crippen molar-refractivity contribution in [1.29, 1.82) is 0 Å². The van der Waals surface area contributed by atoms with Crippen LogP contribution in [0, 0.1) is 10.8 Å². The van der Waals surface area contributed by atoms with Crippen molar-refractivity contribution in [1.82, 2.24) is 16.0 Å². The van der Waals surface area contributed by atoms with E-state index in [0.29, 0.717) is 28.5 Å². The molecule has 8 nitrogen and oxygen atoms in total. The number of phenols is 1. The number of carbonyl (C=O) groups excluding carboxylic acids is 2. The predicted octanol–water partition coefficient (Wildman–Crippen LogP) is 6.57. The molecule has 246 valence electrons. The minimum absolute atomic E-state index is 0.0471. The lowest BCUT2D eigenvalue weighted by Gasteiger charge is -2.34. The highest BCUT2D eigenvalue weighted by molar-refractivity contribution is 7.80. The quantitative estimate of drug-likeness (QED) is 0.112. The van der Waals surface area contributed by atoms with Crippen molar-refractivity contribution in [2.75, 3.05) is 0 Å². The van der Waals surface area contributed by atoms with Gasteiger partial charge in [-0.1, -0.05) is 84.7 Å². The number of aliphatic imine (C=N–C) groups is 1. The lowest BCUT2D eigenvalue weighted by Crippen LogP contribution is -2.58. The molecule has 2 aromatic carbocycles. The molecular formula is C36H52N4O4S. The van der Waals surface area contributed by atoms with Crippen LogP contribution in [0.4, 0.5) is 0 Å². The molecule has 3 atom stereocenters. The molecule has 2 aromatic rings. The zero-order valence-corrected chi connectivity index (χ0v) is 29.2. The first kappa shape index (κ1) is 36.0. The number of amides is 1. The van der Waals surface area contributed by atoms with E-state index in [2.05, 4.69) is 16.0 Å². The van der Waals surface area contributed by atoms with Gasteiger partial charge in [-0.3, -0.25) is 14.6 Å². The first-order chi connectivity index (χ1) is 20.9. The average Bonchev–Trinajstić information content (AvgIpc) is 2.94. The summed E-state index contributed by atoms with van der Waals surface area (Å²) in [5.74, 6) is 0.0251. The lowest BCUT2D eigenvalue weighted by atomic mass is 9.85. The van der Waals surface area contributed by atoms with Crippen molar-refractivity contribution < 1.29 is 19.4 Å². The maximum Gasteiger partial charge on any atom is 0.316 e. The molecule has 3 unspecified atom stereocenters. The van der Waals surface area contributed by atoms with Gasteiger partial charge in [0.15, 0.2) is 5.11 Å².